The molecule has 0 atom stereocenters. The normalized spacial score (nSPS) is 14.7. The molecule has 20 heavy (non-hydrogen) atoms. The molecule has 0 spiro atoms. The summed E-state index contributed by atoms with van der Waals surface area (Å²) < 4.78 is 0. The zero-order chi connectivity index (χ0) is 14.7. The Morgan fingerprint density at radius 3 is 2.80 bits per heavy atom. The van der Waals surface area contributed by atoms with Crippen molar-refractivity contribution in [3.63, 3.8) is 0 Å². The minimum atomic E-state index is -1.17. The monoisotopic (exact) mass is 294 g/mol. The number of halogens is 1. The summed E-state index contributed by atoms with van der Waals surface area (Å²) in [5.74, 6) is -1.17. The van der Waals surface area contributed by atoms with Crippen LogP contribution in [0.1, 0.15) is 23.7 Å². The van der Waals surface area contributed by atoms with E-state index in [1.165, 1.54) is 12.1 Å². The number of urea groups is 1. The van der Waals surface area contributed by atoms with E-state index in [9.17, 15) is 9.59 Å². The SMILES string of the molecule is CC1=CCCN(C(=O)Nc2cccc(Cl)c2C(=O)O)C1. The molecular formula is C14H15ClN2O3. The molecule has 2 N–H and O–H groups in total. The molecule has 0 bridgehead atoms. The van der Waals surface area contributed by atoms with E-state index in [4.69, 9.17) is 16.7 Å². The summed E-state index contributed by atoms with van der Waals surface area (Å²) in [6, 6.07) is 4.29. The van der Waals surface area contributed by atoms with E-state index in [0.29, 0.717) is 13.1 Å². The number of benzene rings is 1. The maximum Gasteiger partial charge on any atom is 0.339 e. The molecule has 0 aromatic heterocycles. The van der Waals surface area contributed by atoms with Crippen LogP contribution in [-0.2, 0) is 0 Å². The van der Waals surface area contributed by atoms with Crippen LogP contribution in [0.5, 0.6) is 0 Å². The Labute approximate surface area is 121 Å². The number of carbonyl (C=O) groups excluding carboxylic acids is 1. The van der Waals surface area contributed by atoms with Crippen molar-refractivity contribution >= 4 is 29.3 Å². The van der Waals surface area contributed by atoms with Crippen molar-refractivity contribution in [2.24, 2.45) is 0 Å². The Morgan fingerprint density at radius 1 is 1.40 bits per heavy atom. The fourth-order valence-electron chi connectivity index (χ4n) is 2.12. The standard InChI is InChI=1S/C14H15ClN2O3/c1-9-4-3-7-17(8-9)14(20)16-11-6-2-5-10(15)12(11)13(18)19/h2,4-6H,3,7-8H2,1H3,(H,16,20)(H,18,19). The lowest BCUT2D eigenvalue weighted by atomic mass is 10.1. The van der Waals surface area contributed by atoms with Gasteiger partial charge in [-0.1, -0.05) is 29.3 Å². The number of aromatic carboxylic acids is 1. The third kappa shape index (κ3) is 3.11. The molecule has 106 valence electrons. The van der Waals surface area contributed by atoms with E-state index < -0.39 is 5.97 Å². The molecule has 1 aromatic carbocycles. The van der Waals surface area contributed by atoms with Gasteiger partial charge in [0, 0.05) is 13.1 Å². The van der Waals surface area contributed by atoms with Crippen molar-refractivity contribution < 1.29 is 14.7 Å². The van der Waals surface area contributed by atoms with Gasteiger partial charge in [0.25, 0.3) is 0 Å². The van der Waals surface area contributed by atoms with Gasteiger partial charge in [0.05, 0.1) is 10.7 Å². The first-order chi connectivity index (χ1) is 9.49. The van der Waals surface area contributed by atoms with Crippen LogP contribution in [0.15, 0.2) is 29.8 Å². The predicted octanol–water partition coefficient (Wildman–Crippen LogP) is 3.22. The van der Waals surface area contributed by atoms with Crippen molar-refractivity contribution in [1.82, 2.24) is 4.90 Å². The highest BCUT2D eigenvalue weighted by Crippen LogP contribution is 2.25. The van der Waals surface area contributed by atoms with Crippen LogP contribution < -0.4 is 5.32 Å². The largest absolute Gasteiger partial charge is 0.478 e. The van der Waals surface area contributed by atoms with E-state index in [-0.39, 0.29) is 22.3 Å². The van der Waals surface area contributed by atoms with E-state index >= 15 is 0 Å². The lowest BCUT2D eigenvalue weighted by Gasteiger charge is -2.26. The summed E-state index contributed by atoms with van der Waals surface area (Å²) in [6.45, 7) is 3.13. The number of anilines is 1. The molecule has 0 aliphatic carbocycles. The minimum Gasteiger partial charge on any atom is -0.478 e. The highest BCUT2D eigenvalue weighted by molar-refractivity contribution is 6.34. The fraction of sp³-hybridized carbons (Fsp3) is 0.286. The molecule has 2 amide bonds. The van der Waals surface area contributed by atoms with Crippen molar-refractivity contribution in [3.8, 4) is 0 Å². The third-order valence-electron chi connectivity index (χ3n) is 3.09. The van der Waals surface area contributed by atoms with Gasteiger partial charge in [-0.15, -0.1) is 0 Å². The Morgan fingerprint density at radius 2 is 2.15 bits per heavy atom. The molecule has 0 saturated carbocycles. The van der Waals surface area contributed by atoms with Gasteiger partial charge in [0.2, 0.25) is 0 Å². The second-order valence-electron chi connectivity index (χ2n) is 4.66. The van der Waals surface area contributed by atoms with Gasteiger partial charge < -0.3 is 15.3 Å². The topological polar surface area (TPSA) is 69.6 Å². The highest BCUT2D eigenvalue weighted by Gasteiger charge is 2.20. The number of carbonyl (C=O) groups is 2. The van der Waals surface area contributed by atoms with Crippen molar-refractivity contribution in [3.05, 3.63) is 40.4 Å². The summed E-state index contributed by atoms with van der Waals surface area (Å²) in [6.07, 6.45) is 2.90. The molecule has 0 fully saturated rings. The Hall–Kier alpha value is -2.01. The van der Waals surface area contributed by atoms with Gasteiger partial charge >= 0.3 is 12.0 Å². The second-order valence-corrected chi connectivity index (χ2v) is 5.07. The van der Waals surface area contributed by atoms with Gasteiger partial charge in [-0.05, 0) is 25.5 Å². The van der Waals surface area contributed by atoms with Gasteiger partial charge in [-0.25, -0.2) is 9.59 Å². The maximum atomic E-state index is 12.2. The number of nitrogens with one attached hydrogen (secondary N) is 1. The molecule has 0 unspecified atom stereocenters. The average molecular weight is 295 g/mol. The number of rotatable bonds is 2. The molecule has 0 saturated heterocycles. The molecule has 2 rings (SSSR count). The lowest BCUT2D eigenvalue weighted by Crippen LogP contribution is -2.38. The van der Waals surface area contributed by atoms with Gasteiger partial charge in [0.1, 0.15) is 5.56 Å². The number of nitrogens with zero attached hydrogens (tertiary/aromatic N) is 1. The van der Waals surface area contributed by atoms with E-state index in [2.05, 4.69) is 11.4 Å². The van der Waals surface area contributed by atoms with Crippen LogP contribution in [0.25, 0.3) is 0 Å². The summed E-state index contributed by atoms with van der Waals surface area (Å²) in [5.41, 5.74) is 1.24. The van der Waals surface area contributed by atoms with E-state index in [0.717, 1.165) is 12.0 Å². The van der Waals surface area contributed by atoms with Crippen LogP contribution >= 0.6 is 11.6 Å². The number of hydrogen-bond donors (Lipinski definition) is 2. The van der Waals surface area contributed by atoms with Gasteiger partial charge in [0.15, 0.2) is 0 Å². The van der Waals surface area contributed by atoms with Gasteiger partial charge in [-0.3, -0.25) is 0 Å². The number of hydrogen-bond acceptors (Lipinski definition) is 2. The number of carboxylic acids is 1. The summed E-state index contributed by atoms with van der Waals surface area (Å²) >= 11 is 5.86. The van der Waals surface area contributed by atoms with E-state index in [1.807, 2.05) is 6.92 Å². The molecular weight excluding hydrogens is 280 g/mol. The third-order valence-corrected chi connectivity index (χ3v) is 3.40. The number of amides is 2. The molecule has 5 nitrogen and oxygen atoms in total. The first kappa shape index (κ1) is 14.4. The Bertz CT molecular complexity index is 584. The molecule has 1 aliphatic rings. The Balaban J connectivity index is 2.18. The maximum absolute atomic E-state index is 12.2. The van der Waals surface area contributed by atoms with Crippen molar-refractivity contribution in [2.75, 3.05) is 18.4 Å². The van der Waals surface area contributed by atoms with Crippen molar-refractivity contribution in [2.45, 2.75) is 13.3 Å². The molecule has 1 aromatic rings. The lowest BCUT2D eigenvalue weighted by molar-refractivity contribution is 0.0698. The highest BCUT2D eigenvalue weighted by atomic mass is 35.5. The second kappa shape index (κ2) is 5.96. The van der Waals surface area contributed by atoms with Crippen molar-refractivity contribution in [1.29, 1.82) is 0 Å². The fourth-order valence-corrected chi connectivity index (χ4v) is 2.38. The van der Waals surface area contributed by atoms with Crippen LogP contribution in [0.3, 0.4) is 0 Å². The summed E-state index contributed by atoms with van der Waals surface area (Å²) in [7, 11) is 0. The molecule has 0 radical (unpaired) electrons. The quantitative estimate of drug-likeness (QED) is 0.823. The van der Waals surface area contributed by atoms with Gasteiger partial charge in [-0.2, -0.15) is 0 Å². The van der Waals surface area contributed by atoms with Crippen LogP contribution in [-0.4, -0.2) is 35.1 Å². The average Bonchev–Trinajstić information content (AvgIpc) is 2.38. The van der Waals surface area contributed by atoms with Crippen LogP contribution in [0.2, 0.25) is 5.02 Å². The summed E-state index contributed by atoms with van der Waals surface area (Å²) in [4.78, 5) is 25.0. The zero-order valence-corrected chi connectivity index (χ0v) is 11.8. The Kier molecular flexibility index (Phi) is 4.29. The summed E-state index contributed by atoms with van der Waals surface area (Å²) in [5, 5.41) is 11.9. The minimum absolute atomic E-state index is 0.0909. The first-order valence-electron chi connectivity index (χ1n) is 6.22. The zero-order valence-electron chi connectivity index (χ0n) is 11.0. The molecule has 1 heterocycles. The van der Waals surface area contributed by atoms with Crippen LogP contribution in [0, 0.1) is 0 Å². The van der Waals surface area contributed by atoms with E-state index in [1.54, 1.807) is 11.0 Å². The first-order valence-corrected chi connectivity index (χ1v) is 6.60. The van der Waals surface area contributed by atoms with Crippen LogP contribution in [0.4, 0.5) is 10.5 Å². The molecule has 1 aliphatic heterocycles. The smallest absolute Gasteiger partial charge is 0.339 e. The number of carboxylic acid groups (broad SMARTS) is 1. The molecule has 6 heteroatoms. The predicted molar refractivity (Wildman–Crippen MR) is 77.4 cm³/mol.